The molecular weight excluding hydrogens is 329 g/mol. The quantitative estimate of drug-likeness (QED) is 0.929. The van der Waals surface area contributed by atoms with Crippen molar-refractivity contribution in [1.29, 1.82) is 0 Å². The number of hydrogen-bond acceptors (Lipinski definition) is 3. The molecule has 1 aromatic carbocycles. The van der Waals surface area contributed by atoms with Gasteiger partial charge in [0, 0.05) is 23.3 Å². The van der Waals surface area contributed by atoms with Gasteiger partial charge in [0.25, 0.3) is 0 Å². The summed E-state index contributed by atoms with van der Waals surface area (Å²) in [5, 5.41) is 3.99. The van der Waals surface area contributed by atoms with Gasteiger partial charge in [-0.15, -0.1) is 0 Å². The van der Waals surface area contributed by atoms with Crippen LogP contribution in [0.3, 0.4) is 0 Å². The summed E-state index contributed by atoms with van der Waals surface area (Å²) in [5.74, 6) is 0.297. The highest BCUT2D eigenvalue weighted by atomic mass is 32.2. The van der Waals surface area contributed by atoms with E-state index in [1.807, 2.05) is 6.07 Å². The standard InChI is InChI=1S/C15H17F3N2O2S/c16-15(17,18)10-20-7-4-12-13(2-1-3-14(12)20)19-11-5-8-23(21,22)9-6-11/h1-4,7,11,19H,5-6,8-10H2. The van der Waals surface area contributed by atoms with Gasteiger partial charge in [-0.2, -0.15) is 13.2 Å². The Kier molecular flexibility index (Phi) is 4.03. The average Bonchev–Trinajstić information content (AvgIpc) is 2.84. The maximum absolute atomic E-state index is 12.6. The third-order valence-electron chi connectivity index (χ3n) is 4.08. The molecule has 1 aliphatic heterocycles. The number of sulfone groups is 1. The first-order valence-corrected chi connectivity index (χ1v) is 9.17. The monoisotopic (exact) mass is 346 g/mol. The van der Waals surface area contributed by atoms with Crippen molar-refractivity contribution in [1.82, 2.24) is 4.57 Å². The van der Waals surface area contributed by atoms with Gasteiger partial charge in [0.05, 0.1) is 17.0 Å². The highest BCUT2D eigenvalue weighted by Crippen LogP contribution is 2.29. The summed E-state index contributed by atoms with van der Waals surface area (Å²) in [6.07, 6.45) is -1.81. The lowest BCUT2D eigenvalue weighted by Gasteiger charge is -2.24. The molecule has 1 fully saturated rings. The first-order valence-electron chi connectivity index (χ1n) is 7.35. The van der Waals surface area contributed by atoms with Crippen LogP contribution in [0.15, 0.2) is 30.5 Å². The molecule has 23 heavy (non-hydrogen) atoms. The number of halogens is 3. The molecule has 0 atom stereocenters. The molecule has 0 radical (unpaired) electrons. The number of anilines is 1. The van der Waals surface area contributed by atoms with E-state index in [4.69, 9.17) is 0 Å². The zero-order valence-corrected chi connectivity index (χ0v) is 13.1. The van der Waals surface area contributed by atoms with Gasteiger partial charge in [-0.05, 0) is 31.0 Å². The maximum Gasteiger partial charge on any atom is 0.406 e. The Morgan fingerprint density at radius 2 is 1.87 bits per heavy atom. The minimum atomic E-state index is -4.27. The average molecular weight is 346 g/mol. The topological polar surface area (TPSA) is 51.1 Å². The second-order valence-corrected chi connectivity index (χ2v) is 8.17. The molecule has 8 heteroatoms. The van der Waals surface area contributed by atoms with Crippen molar-refractivity contribution in [3.05, 3.63) is 30.5 Å². The minimum Gasteiger partial charge on any atom is -0.382 e. The van der Waals surface area contributed by atoms with Gasteiger partial charge in [-0.25, -0.2) is 8.42 Å². The zero-order valence-electron chi connectivity index (χ0n) is 12.3. The molecular formula is C15H17F3N2O2S. The van der Waals surface area contributed by atoms with Gasteiger partial charge in [0.2, 0.25) is 0 Å². The fraction of sp³-hybridized carbons (Fsp3) is 0.467. The number of benzene rings is 1. The lowest BCUT2D eigenvalue weighted by molar-refractivity contribution is -0.139. The largest absolute Gasteiger partial charge is 0.406 e. The molecule has 2 aromatic rings. The van der Waals surface area contributed by atoms with Crippen LogP contribution in [0.25, 0.3) is 10.9 Å². The molecule has 1 saturated heterocycles. The molecule has 126 valence electrons. The van der Waals surface area contributed by atoms with Crippen LogP contribution < -0.4 is 5.32 Å². The van der Waals surface area contributed by atoms with E-state index >= 15 is 0 Å². The van der Waals surface area contributed by atoms with Crippen molar-refractivity contribution >= 4 is 26.4 Å². The number of alkyl halides is 3. The number of nitrogens with one attached hydrogen (secondary N) is 1. The summed E-state index contributed by atoms with van der Waals surface area (Å²) >= 11 is 0. The Balaban J connectivity index is 1.82. The van der Waals surface area contributed by atoms with E-state index in [0.717, 1.165) is 5.69 Å². The Morgan fingerprint density at radius 3 is 2.52 bits per heavy atom. The van der Waals surface area contributed by atoms with Crippen molar-refractivity contribution in [2.24, 2.45) is 0 Å². The molecule has 0 spiro atoms. The third-order valence-corrected chi connectivity index (χ3v) is 5.79. The van der Waals surface area contributed by atoms with E-state index in [-0.39, 0.29) is 17.5 Å². The Bertz CT molecular complexity index is 798. The summed E-state index contributed by atoms with van der Waals surface area (Å²) in [6, 6.07) is 6.84. The zero-order chi connectivity index (χ0) is 16.7. The van der Waals surface area contributed by atoms with Gasteiger partial charge >= 0.3 is 6.18 Å². The molecule has 0 unspecified atom stereocenters. The molecule has 3 rings (SSSR count). The Labute approximate surface area is 132 Å². The molecule has 0 aliphatic carbocycles. The number of fused-ring (bicyclic) bond motifs is 1. The van der Waals surface area contributed by atoms with Gasteiger partial charge in [-0.3, -0.25) is 0 Å². The van der Waals surface area contributed by atoms with Crippen LogP contribution in [0.4, 0.5) is 18.9 Å². The summed E-state index contributed by atoms with van der Waals surface area (Å²) in [7, 11) is -2.94. The fourth-order valence-electron chi connectivity index (χ4n) is 2.93. The van der Waals surface area contributed by atoms with Gasteiger partial charge in [-0.1, -0.05) is 6.07 Å². The van der Waals surface area contributed by atoms with Crippen molar-refractivity contribution in [3.8, 4) is 0 Å². The van der Waals surface area contributed by atoms with Crippen molar-refractivity contribution in [2.75, 3.05) is 16.8 Å². The Morgan fingerprint density at radius 1 is 1.17 bits per heavy atom. The smallest absolute Gasteiger partial charge is 0.382 e. The van der Waals surface area contributed by atoms with E-state index in [1.54, 1.807) is 18.2 Å². The van der Waals surface area contributed by atoms with Crippen LogP contribution in [0.2, 0.25) is 0 Å². The molecule has 2 heterocycles. The third kappa shape index (κ3) is 3.80. The number of hydrogen-bond donors (Lipinski definition) is 1. The number of aromatic nitrogens is 1. The number of nitrogens with zero attached hydrogens (tertiary/aromatic N) is 1. The van der Waals surface area contributed by atoms with E-state index < -0.39 is 22.6 Å². The first kappa shape index (κ1) is 16.2. The highest BCUT2D eigenvalue weighted by Gasteiger charge is 2.28. The number of rotatable bonds is 3. The van der Waals surface area contributed by atoms with E-state index in [1.165, 1.54) is 10.8 Å². The maximum atomic E-state index is 12.6. The van der Waals surface area contributed by atoms with Crippen molar-refractivity contribution in [2.45, 2.75) is 31.6 Å². The normalized spacial score (nSPS) is 19.1. The summed E-state index contributed by atoms with van der Waals surface area (Å²) < 4.78 is 61.9. The van der Waals surface area contributed by atoms with Crippen molar-refractivity contribution in [3.63, 3.8) is 0 Å². The molecule has 0 saturated carbocycles. The second kappa shape index (κ2) is 5.74. The van der Waals surface area contributed by atoms with Crippen LogP contribution in [0, 0.1) is 0 Å². The second-order valence-electron chi connectivity index (χ2n) is 5.87. The first-order chi connectivity index (χ1) is 10.7. The van der Waals surface area contributed by atoms with Crippen LogP contribution in [0.5, 0.6) is 0 Å². The van der Waals surface area contributed by atoms with E-state index in [0.29, 0.717) is 23.7 Å². The minimum absolute atomic E-state index is 0.0232. The Hall–Kier alpha value is -1.70. The summed E-state index contributed by atoms with van der Waals surface area (Å²) in [6.45, 7) is -1.03. The van der Waals surface area contributed by atoms with Crippen LogP contribution >= 0.6 is 0 Å². The summed E-state index contributed by atoms with van der Waals surface area (Å²) in [5.41, 5.74) is 1.25. The predicted molar refractivity (Wildman–Crippen MR) is 83.3 cm³/mol. The van der Waals surface area contributed by atoms with Crippen LogP contribution in [-0.2, 0) is 16.4 Å². The molecule has 0 amide bonds. The fourth-order valence-corrected chi connectivity index (χ4v) is 4.43. The van der Waals surface area contributed by atoms with Gasteiger partial charge in [0.1, 0.15) is 16.4 Å². The summed E-state index contributed by atoms with van der Waals surface area (Å²) in [4.78, 5) is 0. The van der Waals surface area contributed by atoms with Crippen molar-refractivity contribution < 1.29 is 21.6 Å². The van der Waals surface area contributed by atoms with Gasteiger partial charge < -0.3 is 9.88 Å². The lowest BCUT2D eigenvalue weighted by Crippen LogP contribution is -2.32. The molecule has 1 aliphatic rings. The van der Waals surface area contributed by atoms with E-state index in [2.05, 4.69) is 5.32 Å². The predicted octanol–water partition coefficient (Wildman–Crippen LogP) is 3.19. The van der Waals surface area contributed by atoms with E-state index in [9.17, 15) is 21.6 Å². The molecule has 0 bridgehead atoms. The SMILES string of the molecule is O=S1(=O)CCC(Nc2cccc3c2ccn3CC(F)(F)F)CC1. The molecule has 4 nitrogen and oxygen atoms in total. The van der Waals surface area contributed by atoms with Crippen LogP contribution in [-0.4, -0.2) is 36.7 Å². The molecule has 1 aromatic heterocycles. The lowest BCUT2D eigenvalue weighted by atomic mass is 10.1. The van der Waals surface area contributed by atoms with Gasteiger partial charge in [0.15, 0.2) is 0 Å². The van der Waals surface area contributed by atoms with Crippen LogP contribution in [0.1, 0.15) is 12.8 Å². The highest BCUT2D eigenvalue weighted by molar-refractivity contribution is 7.91. The molecule has 1 N–H and O–H groups in total.